The van der Waals surface area contributed by atoms with Crippen molar-refractivity contribution in [1.29, 1.82) is 0 Å². The van der Waals surface area contributed by atoms with Crippen molar-refractivity contribution >= 4 is 23.1 Å². The van der Waals surface area contributed by atoms with Gasteiger partial charge < -0.3 is 10.6 Å². The predicted molar refractivity (Wildman–Crippen MR) is 86.1 cm³/mol. The first-order valence-electron chi connectivity index (χ1n) is 7.02. The molecule has 24 heavy (non-hydrogen) atoms. The van der Waals surface area contributed by atoms with Crippen LogP contribution in [0.5, 0.6) is 0 Å². The molecule has 0 saturated carbocycles. The minimum atomic E-state index is -0.466. The average molecular weight is 326 g/mol. The first-order chi connectivity index (χ1) is 11.6. The van der Waals surface area contributed by atoms with E-state index in [1.54, 1.807) is 12.1 Å². The van der Waals surface area contributed by atoms with Crippen molar-refractivity contribution in [1.82, 2.24) is 9.97 Å². The van der Waals surface area contributed by atoms with Crippen molar-refractivity contribution in [3.8, 4) is 0 Å². The number of halogens is 2. The molecule has 3 aromatic rings. The zero-order chi connectivity index (χ0) is 16.9. The van der Waals surface area contributed by atoms with Crippen molar-refractivity contribution in [3.63, 3.8) is 0 Å². The van der Waals surface area contributed by atoms with Gasteiger partial charge in [0.1, 0.15) is 23.1 Å². The second kappa shape index (κ2) is 6.82. The Morgan fingerprint density at radius 3 is 2.33 bits per heavy atom. The van der Waals surface area contributed by atoms with Crippen LogP contribution in [0, 0.1) is 11.6 Å². The molecule has 0 saturated heterocycles. The second-order valence-electron chi connectivity index (χ2n) is 4.88. The van der Waals surface area contributed by atoms with E-state index in [0.29, 0.717) is 17.2 Å². The maximum atomic E-state index is 13.1. The molecule has 0 bridgehead atoms. The fourth-order valence-corrected chi connectivity index (χ4v) is 1.95. The molecule has 0 atom stereocenters. The Balaban J connectivity index is 1.67. The summed E-state index contributed by atoms with van der Waals surface area (Å²) in [7, 11) is 0. The van der Waals surface area contributed by atoms with E-state index >= 15 is 0 Å². The lowest BCUT2D eigenvalue weighted by Gasteiger charge is -2.07. The van der Waals surface area contributed by atoms with Crippen molar-refractivity contribution in [2.24, 2.45) is 0 Å². The Bertz CT molecular complexity index is 851. The number of nitrogens with zero attached hydrogens (tertiary/aromatic N) is 2. The van der Waals surface area contributed by atoms with Gasteiger partial charge >= 0.3 is 0 Å². The average Bonchev–Trinajstić information content (AvgIpc) is 2.57. The molecule has 7 heteroatoms. The number of amides is 1. The minimum absolute atomic E-state index is 0.101. The van der Waals surface area contributed by atoms with Crippen LogP contribution < -0.4 is 10.6 Å². The number of carbonyl (C=O) groups excluding carboxylic acids is 1. The van der Waals surface area contributed by atoms with Crippen LogP contribution in [0.15, 0.2) is 60.9 Å². The van der Waals surface area contributed by atoms with E-state index in [1.165, 1.54) is 48.8 Å². The van der Waals surface area contributed by atoms with Crippen molar-refractivity contribution < 1.29 is 13.6 Å². The number of hydrogen-bond donors (Lipinski definition) is 2. The van der Waals surface area contributed by atoms with Gasteiger partial charge in [-0.3, -0.25) is 4.79 Å². The van der Waals surface area contributed by atoms with Gasteiger partial charge in [0.05, 0.1) is 12.4 Å². The van der Waals surface area contributed by atoms with Crippen LogP contribution >= 0.6 is 0 Å². The first-order valence-corrected chi connectivity index (χ1v) is 7.02. The number of benzene rings is 2. The summed E-state index contributed by atoms with van der Waals surface area (Å²) in [5.41, 5.74) is 1.07. The van der Waals surface area contributed by atoms with Crippen molar-refractivity contribution in [2.45, 2.75) is 0 Å². The van der Waals surface area contributed by atoms with Crippen LogP contribution in [0.25, 0.3) is 0 Å². The van der Waals surface area contributed by atoms with Crippen LogP contribution in [0.3, 0.4) is 0 Å². The summed E-state index contributed by atoms with van der Waals surface area (Å²) in [5, 5.41) is 5.46. The van der Waals surface area contributed by atoms with E-state index in [2.05, 4.69) is 20.6 Å². The van der Waals surface area contributed by atoms with E-state index in [4.69, 9.17) is 0 Å². The Hall–Kier alpha value is -3.35. The molecule has 0 unspecified atom stereocenters. The number of carbonyl (C=O) groups is 1. The molecule has 0 spiro atoms. The summed E-state index contributed by atoms with van der Waals surface area (Å²) in [6, 6.07) is 11.3. The summed E-state index contributed by atoms with van der Waals surface area (Å²) in [6.45, 7) is 0. The van der Waals surface area contributed by atoms with Gasteiger partial charge in [-0.2, -0.15) is 0 Å². The number of nitrogens with one attached hydrogen (secondary N) is 2. The third kappa shape index (κ3) is 3.89. The third-order valence-corrected chi connectivity index (χ3v) is 3.08. The second-order valence-corrected chi connectivity index (χ2v) is 4.88. The summed E-state index contributed by atoms with van der Waals surface area (Å²) < 4.78 is 25.9. The SMILES string of the molecule is O=C(Nc1ccc(F)cc1)c1cnc(Nc2cccc(F)c2)cn1. The van der Waals surface area contributed by atoms with Gasteiger partial charge in [-0.05, 0) is 42.5 Å². The highest BCUT2D eigenvalue weighted by Crippen LogP contribution is 2.15. The molecule has 0 aliphatic heterocycles. The topological polar surface area (TPSA) is 66.9 Å². The van der Waals surface area contributed by atoms with Crippen LogP contribution in [-0.2, 0) is 0 Å². The molecule has 0 fully saturated rings. The van der Waals surface area contributed by atoms with E-state index in [9.17, 15) is 13.6 Å². The Labute approximate surface area is 136 Å². The Morgan fingerprint density at radius 1 is 0.875 bits per heavy atom. The van der Waals surface area contributed by atoms with Crippen LogP contribution in [0.1, 0.15) is 10.5 Å². The molecule has 2 aromatic carbocycles. The van der Waals surface area contributed by atoms with Gasteiger partial charge in [0, 0.05) is 11.4 Å². The molecular formula is C17H12F2N4O. The fourth-order valence-electron chi connectivity index (χ4n) is 1.95. The molecule has 3 rings (SSSR count). The third-order valence-electron chi connectivity index (χ3n) is 3.08. The molecule has 2 N–H and O–H groups in total. The van der Waals surface area contributed by atoms with E-state index in [1.807, 2.05) is 0 Å². The lowest BCUT2D eigenvalue weighted by molar-refractivity contribution is 0.102. The molecule has 0 aliphatic rings. The largest absolute Gasteiger partial charge is 0.339 e. The quantitative estimate of drug-likeness (QED) is 0.766. The molecule has 1 amide bonds. The molecule has 120 valence electrons. The lowest BCUT2D eigenvalue weighted by atomic mass is 10.3. The Morgan fingerprint density at radius 2 is 1.67 bits per heavy atom. The number of anilines is 3. The highest BCUT2D eigenvalue weighted by atomic mass is 19.1. The van der Waals surface area contributed by atoms with Gasteiger partial charge in [0.2, 0.25) is 0 Å². The summed E-state index contributed by atoms with van der Waals surface area (Å²) in [6.07, 6.45) is 2.66. The molecule has 1 heterocycles. The number of rotatable bonds is 4. The van der Waals surface area contributed by atoms with E-state index in [-0.39, 0.29) is 17.3 Å². The molecule has 5 nitrogen and oxygen atoms in total. The summed E-state index contributed by atoms with van der Waals surface area (Å²) in [4.78, 5) is 20.1. The van der Waals surface area contributed by atoms with Gasteiger partial charge in [0.25, 0.3) is 5.91 Å². The monoisotopic (exact) mass is 326 g/mol. The van der Waals surface area contributed by atoms with Gasteiger partial charge in [-0.25, -0.2) is 18.7 Å². The van der Waals surface area contributed by atoms with Crippen LogP contribution in [0.4, 0.5) is 26.0 Å². The fraction of sp³-hybridized carbons (Fsp3) is 0. The maximum Gasteiger partial charge on any atom is 0.275 e. The van der Waals surface area contributed by atoms with E-state index < -0.39 is 5.91 Å². The van der Waals surface area contributed by atoms with Gasteiger partial charge in [0.15, 0.2) is 0 Å². The first kappa shape index (κ1) is 15.5. The standard InChI is InChI=1S/C17H12F2N4O/c18-11-4-6-13(7-5-11)23-17(24)15-9-21-16(10-20-15)22-14-3-1-2-12(19)8-14/h1-10H,(H,21,22)(H,23,24). The highest BCUT2D eigenvalue weighted by Gasteiger charge is 2.09. The summed E-state index contributed by atoms with van der Waals surface area (Å²) >= 11 is 0. The van der Waals surface area contributed by atoms with Crippen LogP contribution in [-0.4, -0.2) is 15.9 Å². The predicted octanol–water partition coefficient (Wildman–Crippen LogP) is 3.75. The smallest absolute Gasteiger partial charge is 0.275 e. The molecule has 1 aromatic heterocycles. The normalized spacial score (nSPS) is 10.2. The van der Waals surface area contributed by atoms with Gasteiger partial charge in [-0.15, -0.1) is 0 Å². The number of hydrogen-bond acceptors (Lipinski definition) is 4. The zero-order valence-corrected chi connectivity index (χ0v) is 12.3. The highest BCUT2D eigenvalue weighted by molar-refractivity contribution is 6.02. The molecule has 0 radical (unpaired) electrons. The van der Waals surface area contributed by atoms with Crippen molar-refractivity contribution in [3.05, 3.63) is 78.3 Å². The minimum Gasteiger partial charge on any atom is -0.339 e. The van der Waals surface area contributed by atoms with Crippen molar-refractivity contribution in [2.75, 3.05) is 10.6 Å². The number of aromatic nitrogens is 2. The molecular weight excluding hydrogens is 314 g/mol. The van der Waals surface area contributed by atoms with Gasteiger partial charge in [-0.1, -0.05) is 6.07 Å². The Kier molecular flexibility index (Phi) is 4.42. The van der Waals surface area contributed by atoms with E-state index in [0.717, 1.165) is 0 Å². The summed E-state index contributed by atoms with van der Waals surface area (Å²) in [5.74, 6) is -0.853. The van der Waals surface area contributed by atoms with Crippen LogP contribution in [0.2, 0.25) is 0 Å². The lowest BCUT2D eigenvalue weighted by Crippen LogP contribution is -2.14. The molecule has 0 aliphatic carbocycles. The zero-order valence-electron chi connectivity index (χ0n) is 12.3. The maximum absolute atomic E-state index is 13.1.